The van der Waals surface area contributed by atoms with Gasteiger partial charge in [-0.1, -0.05) is 106 Å². The zero-order chi connectivity index (χ0) is 27.0. The van der Waals surface area contributed by atoms with Crippen molar-refractivity contribution in [3.63, 3.8) is 0 Å². The molecular formula is C32H36F3N3. The number of benzene rings is 3. The van der Waals surface area contributed by atoms with Gasteiger partial charge in [-0.3, -0.25) is 4.90 Å². The molecule has 38 heavy (non-hydrogen) atoms. The summed E-state index contributed by atoms with van der Waals surface area (Å²) >= 11 is 0. The lowest BCUT2D eigenvalue weighted by Gasteiger charge is -2.24. The molecule has 3 nitrogen and oxygen atoms in total. The van der Waals surface area contributed by atoms with Crippen LogP contribution in [0.1, 0.15) is 56.4 Å². The Labute approximate surface area is 224 Å². The fourth-order valence-corrected chi connectivity index (χ4v) is 4.75. The van der Waals surface area contributed by atoms with Crippen LogP contribution in [0.2, 0.25) is 0 Å². The highest BCUT2D eigenvalue weighted by atomic mass is 19.4. The molecule has 0 bridgehead atoms. The summed E-state index contributed by atoms with van der Waals surface area (Å²) in [5.41, 5.74) is 4.21. The Balaban J connectivity index is 1.78. The normalized spacial score (nSPS) is 11.8. The van der Waals surface area contributed by atoms with Crippen LogP contribution in [-0.4, -0.2) is 21.0 Å². The highest BCUT2D eigenvalue weighted by molar-refractivity contribution is 5.68. The zero-order valence-electron chi connectivity index (χ0n) is 22.2. The minimum absolute atomic E-state index is 0.442. The van der Waals surface area contributed by atoms with Gasteiger partial charge in [-0.15, -0.1) is 0 Å². The molecule has 0 N–H and O–H groups in total. The second-order valence-electron chi connectivity index (χ2n) is 9.73. The van der Waals surface area contributed by atoms with Crippen LogP contribution in [0.3, 0.4) is 0 Å². The van der Waals surface area contributed by atoms with Crippen LogP contribution < -0.4 is 0 Å². The Bertz CT molecular complexity index is 1280. The number of alkyl halides is 3. The smallest absolute Gasteiger partial charge is 0.326 e. The summed E-state index contributed by atoms with van der Waals surface area (Å²) in [6, 6.07) is 26.1. The van der Waals surface area contributed by atoms with Crippen molar-refractivity contribution in [2.45, 2.75) is 65.3 Å². The van der Waals surface area contributed by atoms with Gasteiger partial charge in [0.15, 0.2) is 0 Å². The van der Waals surface area contributed by atoms with E-state index in [2.05, 4.69) is 47.6 Å². The first-order valence-electron chi connectivity index (χ1n) is 13.5. The van der Waals surface area contributed by atoms with E-state index in [1.807, 2.05) is 36.4 Å². The van der Waals surface area contributed by atoms with E-state index in [9.17, 15) is 13.2 Å². The van der Waals surface area contributed by atoms with Gasteiger partial charge in [0.1, 0.15) is 5.82 Å². The molecule has 1 heterocycles. The van der Waals surface area contributed by atoms with Gasteiger partial charge in [0.2, 0.25) is 0 Å². The van der Waals surface area contributed by atoms with E-state index in [0.29, 0.717) is 18.7 Å². The maximum absolute atomic E-state index is 13.4. The van der Waals surface area contributed by atoms with Gasteiger partial charge in [0.25, 0.3) is 0 Å². The Morgan fingerprint density at radius 3 is 2.05 bits per heavy atom. The number of hydrogen-bond acceptors (Lipinski definition) is 2. The number of unbranched alkanes of at least 4 members (excludes halogenated alkanes) is 2. The third-order valence-electron chi connectivity index (χ3n) is 6.75. The summed E-state index contributed by atoms with van der Waals surface area (Å²) in [6.45, 7) is 6.98. The van der Waals surface area contributed by atoms with Crippen molar-refractivity contribution in [2.24, 2.45) is 0 Å². The van der Waals surface area contributed by atoms with Gasteiger partial charge in [0.05, 0.1) is 17.0 Å². The summed E-state index contributed by atoms with van der Waals surface area (Å²) in [4.78, 5) is 7.44. The van der Waals surface area contributed by atoms with E-state index in [1.165, 1.54) is 12.1 Å². The minimum atomic E-state index is -4.35. The molecule has 6 heteroatoms. The minimum Gasteiger partial charge on any atom is -0.326 e. The van der Waals surface area contributed by atoms with Crippen molar-refractivity contribution < 1.29 is 13.2 Å². The van der Waals surface area contributed by atoms with Gasteiger partial charge in [0, 0.05) is 30.8 Å². The molecule has 0 aliphatic heterocycles. The molecule has 0 aliphatic carbocycles. The molecule has 200 valence electrons. The summed E-state index contributed by atoms with van der Waals surface area (Å²) in [7, 11) is 0. The maximum Gasteiger partial charge on any atom is 0.416 e. The largest absolute Gasteiger partial charge is 0.416 e. The first kappa shape index (κ1) is 27.6. The Morgan fingerprint density at radius 1 is 0.763 bits per heavy atom. The molecule has 4 aromatic rings. The van der Waals surface area contributed by atoms with Gasteiger partial charge in [-0.2, -0.15) is 13.2 Å². The Kier molecular flexibility index (Phi) is 9.40. The molecule has 0 fully saturated rings. The second kappa shape index (κ2) is 12.9. The standard InChI is InChI=1S/C32H36F3N3/c1-3-5-20-37(23-25-14-13-19-28(22-25)32(33,34)35)24-29-30(26-15-9-7-10-16-26)36-31(38(29)21-6-4-2)27-17-11-8-12-18-27/h7-19,22H,3-6,20-21,23-24H2,1-2H3. The van der Waals surface area contributed by atoms with Gasteiger partial charge >= 0.3 is 6.18 Å². The summed E-state index contributed by atoms with van der Waals surface area (Å²) in [6.07, 6.45) is -0.312. The highest BCUT2D eigenvalue weighted by Gasteiger charge is 2.30. The van der Waals surface area contributed by atoms with Gasteiger partial charge in [-0.25, -0.2) is 4.98 Å². The van der Waals surface area contributed by atoms with Crippen molar-refractivity contribution in [1.29, 1.82) is 0 Å². The number of rotatable bonds is 12. The monoisotopic (exact) mass is 519 g/mol. The van der Waals surface area contributed by atoms with Crippen LogP contribution in [0.5, 0.6) is 0 Å². The molecule has 3 aromatic carbocycles. The van der Waals surface area contributed by atoms with Crippen molar-refractivity contribution in [3.8, 4) is 22.6 Å². The van der Waals surface area contributed by atoms with Crippen LogP contribution >= 0.6 is 0 Å². The van der Waals surface area contributed by atoms with E-state index in [0.717, 1.165) is 73.2 Å². The van der Waals surface area contributed by atoms with Crippen LogP contribution in [0.25, 0.3) is 22.6 Å². The third-order valence-corrected chi connectivity index (χ3v) is 6.75. The highest BCUT2D eigenvalue weighted by Crippen LogP contribution is 2.32. The SMILES string of the molecule is CCCCN(Cc1cccc(C(F)(F)F)c1)Cc1c(-c2ccccc2)nc(-c2ccccc2)n1CCCC. The molecule has 0 saturated heterocycles. The molecule has 0 amide bonds. The zero-order valence-corrected chi connectivity index (χ0v) is 22.2. The molecule has 0 unspecified atom stereocenters. The Hall–Kier alpha value is -3.38. The summed E-state index contributed by atoms with van der Waals surface area (Å²) in [5.74, 6) is 0.933. The molecule has 0 atom stereocenters. The van der Waals surface area contributed by atoms with Gasteiger partial charge in [-0.05, 0) is 31.0 Å². The van der Waals surface area contributed by atoms with Crippen molar-refractivity contribution in [3.05, 3.63) is 102 Å². The topological polar surface area (TPSA) is 21.1 Å². The fraction of sp³-hybridized carbons (Fsp3) is 0.344. The predicted octanol–water partition coefficient (Wildman–Crippen LogP) is 8.84. The quantitative estimate of drug-likeness (QED) is 0.186. The lowest BCUT2D eigenvalue weighted by atomic mass is 10.1. The maximum atomic E-state index is 13.4. The third kappa shape index (κ3) is 6.93. The Morgan fingerprint density at radius 2 is 1.42 bits per heavy atom. The van der Waals surface area contributed by atoms with E-state index >= 15 is 0 Å². The number of hydrogen-bond donors (Lipinski definition) is 0. The lowest BCUT2D eigenvalue weighted by Crippen LogP contribution is -2.26. The van der Waals surface area contributed by atoms with E-state index in [4.69, 9.17) is 4.98 Å². The average Bonchev–Trinajstić information content (AvgIpc) is 3.29. The van der Waals surface area contributed by atoms with Crippen molar-refractivity contribution in [1.82, 2.24) is 14.5 Å². The number of aromatic nitrogens is 2. The molecule has 0 radical (unpaired) electrons. The van der Waals surface area contributed by atoms with E-state index in [-0.39, 0.29) is 0 Å². The van der Waals surface area contributed by atoms with Crippen LogP contribution in [0.4, 0.5) is 13.2 Å². The average molecular weight is 520 g/mol. The van der Waals surface area contributed by atoms with Crippen LogP contribution in [-0.2, 0) is 25.8 Å². The molecular weight excluding hydrogens is 483 g/mol. The number of nitrogens with zero attached hydrogens (tertiary/aromatic N) is 3. The first-order chi connectivity index (χ1) is 18.4. The first-order valence-corrected chi connectivity index (χ1v) is 13.5. The molecule has 4 rings (SSSR count). The van der Waals surface area contributed by atoms with Crippen LogP contribution in [0, 0.1) is 0 Å². The number of halogens is 3. The second-order valence-corrected chi connectivity index (χ2v) is 9.73. The number of imidazole rings is 1. The lowest BCUT2D eigenvalue weighted by molar-refractivity contribution is -0.137. The summed E-state index contributed by atoms with van der Waals surface area (Å²) < 4.78 is 42.5. The van der Waals surface area contributed by atoms with Gasteiger partial charge < -0.3 is 4.57 Å². The van der Waals surface area contributed by atoms with E-state index < -0.39 is 11.7 Å². The van der Waals surface area contributed by atoms with E-state index in [1.54, 1.807) is 6.07 Å². The molecule has 0 spiro atoms. The predicted molar refractivity (Wildman–Crippen MR) is 148 cm³/mol. The summed E-state index contributed by atoms with van der Waals surface area (Å²) in [5, 5.41) is 0. The van der Waals surface area contributed by atoms with Crippen molar-refractivity contribution in [2.75, 3.05) is 6.54 Å². The fourth-order valence-electron chi connectivity index (χ4n) is 4.75. The molecule has 0 saturated carbocycles. The molecule has 1 aromatic heterocycles. The van der Waals surface area contributed by atoms with Crippen molar-refractivity contribution >= 4 is 0 Å². The van der Waals surface area contributed by atoms with Crippen LogP contribution in [0.15, 0.2) is 84.9 Å². The molecule has 0 aliphatic rings.